The molecule has 2 heterocycles. The molecule has 1 fully saturated rings. The van der Waals surface area contributed by atoms with Crippen LogP contribution in [-0.4, -0.2) is 32.6 Å². The van der Waals surface area contributed by atoms with Crippen molar-refractivity contribution in [1.29, 1.82) is 0 Å². The Morgan fingerprint density at radius 1 is 1.09 bits per heavy atom. The minimum absolute atomic E-state index is 0.0885. The van der Waals surface area contributed by atoms with Crippen LogP contribution in [0, 0.1) is 5.41 Å². The van der Waals surface area contributed by atoms with Crippen molar-refractivity contribution in [2.75, 3.05) is 11.9 Å². The first-order valence-electron chi connectivity index (χ1n) is 10.7. The van der Waals surface area contributed by atoms with Gasteiger partial charge >= 0.3 is 12.0 Å². The summed E-state index contributed by atoms with van der Waals surface area (Å²) in [6.07, 6.45) is 6.40. The number of benzene rings is 2. The zero-order chi connectivity index (χ0) is 23.7. The Bertz CT molecular complexity index is 1340. The highest BCUT2D eigenvalue weighted by Gasteiger charge is 2.42. The molecule has 2 aromatic carbocycles. The van der Waals surface area contributed by atoms with Gasteiger partial charge in [-0.1, -0.05) is 59.5 Å². The number of nitrogens with zero attached hydrogens (tertiary/aromatic N) is 3. The van der Waals surface area contributed by atoms with Crippen molar-refractivity contribution in [3.8, 4) is 17.1 Å². The fraction of sp³-hybridized carbons (Fsp3) is 0.250. The molecule has 10 heteroatoms. The van der Waals surface area contributed by atoms with Crippen molar-refractivity contribution >= 4 is 61.5 Å². The molecule has 0 spiro atoms. The van der Waals surface area contributed by atoms with Crippen molar-refractivity contribution in [2.24, 2.45) is 5.41 Å². The lowest BCUT2D eigenvalue weighted by molar-refractivity contribution is -0.150. The molecule has 1 aliphatic rings. The Morgan fingerprint density at radius 2 is 1.79 bits per heavy atom. The number of nitrogens with one attached hydrogen (secondary N) is 1. The maximum Gasteiger partial charge on any atom is 0.316 e. The van der Waals surface area contributed by atoms with E-state index in [-0.39, 0.29) is 12.6 Å². The molecule has 0 radical (unpaired) electrons. The third-order valence-corrected chi connectivity index (χ3v) is 7.43. The van der Waals surface area contributed by atoms with Crippen LogP contribution >= 0.6 is 34.5 Å². The molecular weight excluding hydrogens is 495 g/mol. The molecule has 1 saturated carbocycles. The van der Waals surface area contributed by atoms with Crippen molar-refractivity contribution in [1.82, 2.24) is 15.0 Å². The second kappa shape index (κ2) is 9.37. The number of ether oxygens (including phenoxy) is 1. The van der Waals surface area contributed by atoms with Gasteiger partial charge in [-0.25, -0.2) is 15.0 Å². The van der Waals surface area contributed by atoms with Gasteiger partial charge in [-0.2, -0.15) is 0 Å². The van der Waals surface area contributed by atoms with Crippen molar-refractivity contribution in [3.05, 3.63) is 58.8 Å². The fourth-order valence-corrected chi connectivity index (χ4v) is 5.70. The number of anilines is 2. The second-order valence-electron chi connectivity index (χ2n) is 8.29. The number of thiazole rings is 1. The molecular formula is C24H20Cl2N4O3S. The number of aliphatic carboxylic acids is 1. The molecule has 0 amide bonds. The van der Waals surface area contributed by atoms with E-state index in [1.165, 1.54) is 11.3 Å². The maximum absolute atomic E-state index is 11.7. The van der Waals surface area contributed by atoms with Crippen molar-refractivity contribution < 1.29 is 14.6 Å². The normalized spacial score (nSPS) is 14.9. The molecule has 4 aromatic rings. The summed E-state index contributed by atoms with van der Waals surface area (Å²) in [5.41, 5.74) is 2.53. The number of carbonyl (C=O) groups is 1. The number of rotatable bonds is 7. The summed E-state index contributed by atoms with van der Waals surface area (Å²) >= 11 is 13.8. The van der Waals surface area contributed by atoms with Crippen LogP contribution in [0.5, 0.6) is 6.01 Å². The summed E-state index contributed by atoms with van der Waals surface area (Å²) in [4.78, 5) is 24.7. The van der Waals surface area contributed by atoms with Crippen LogP contribution in [-0.2, 0) is 4.79 Å². The first-order chi connectivity index (χ1) is 16.4. The summed E-state index contributed by atoms with van der Waals surface area (Å²) in [5, 5.41) is 14.7. The van der Waals surface area contributed by atoms with E-state index >= 15 is 0 Å². The summed E-state index contributed by atoms with van der Waals surface area (Å²) in [6, 6.07) is 11.5. The summed E-state index contributed by atoms with van der Waals surface area (Å²) in [7, 11) is 0. The van der Waals surface area contributed by atoms with Crippen LogP contribution in [0.25, 0.3) is 21.3 Å². The smallest absolute Gasteiger partial charge is 0.316 e. The van der Waals surface area contributed by atoms with E-state index in [2.05, 4.69) is 20.3 Å². The van der Waals surface area contributed by atoms with Gasteiger partial charge in [0, 0.05) is 28.7 Å². The lowest BCUT2D eigenvalue weighted by Crippen LogP contribution is -2.34. The van der Waals surface area contributed by atoms with Crippen molar-refractivity contribution in [2.45, 2.75) is 25.7 Å². The molecule has 34 heavy (non-hydrogen) atoms. The number of fused-ring (bicyclic) bond motifs is 1. The molecule has 5 rings (SSSR count). The number of halogens is 2. The Morgan fingerprint density at radius 3 is 2.47 bits per heavy atom. The van der Waals surface area contributed by atoms with Crippen LogP contribution in [0.3, 0.4) is 0 Å². The molecule has 0 saturated heterocycles. The molecule has 0 bridgehead atoms. The lowest BCUT2D eigenvalue weighted by Gasteiger charge is -2.22. The first kappa shape index (κ1) is 22.8. The Balaban J connectivity index is 1.24. The van der Waals surface area contributed by atoms with Crippen LogP contribution in [0.1, 0.15) is 25.7 Å². The predicted molar refractivity (Wildman–Crippen MR) is 134 cm³/mol. The highest BCUT2D eigenvalue weighted by Crippen LogP contribution is 2.39. The third kappa shape index (κ3) is 4.66. The van der Waals surface area contributed by atoms with E-state index in [0.29, 0.717) is 22.9 Å². The standard InChI is InChI=1S/C24H20Cl2N4O3S/c25-16-9-18(26)20-19(10-16)34-23(30-20)29-17-5-3-14(4-6-17)15-11-27-22(28-12-15)33-13-24(21(31)32)7-1-2-8-24/h3-6,9-12H,1-2,7-8,13H2,(H,29,30)(H,31,32). The fourth-order valence-electron chi connectivity index (χ4n) is 4.09. The van der Waals surface area contributed by atoms with Gasteiger partial charge in [-0.05, 0) is 42.7 Å². The summed E-state index contributed by atoms with van der Waals surface area (Å²) < 4.78 is 6.55. The zero-order valence-electron chi connectivity index (χ0n) is 17.9. The van der Waals surface area contributed by atoms with Crippen LogP contribution < -0.4 is 10.1 Å². The van der Waals surface area contributed by atoms with E-state index in [1.807, 2.05) is 30.3 Å². The average molecular weight is 515 g/mol. The van der Waals surface area contributed by atoms with E-state index in [0.717, 1.165) is 45.0 Å². The summed E-state index contributed by atoms with van der Waals surface area (Å²) in [5.74, 6) is -0.812. The second-order valence-corrected chi connectivity index (χ2v) is 10.2. The van der Waals surface area contributed by atoms with Gasteiger partial charge in [-0.3, -0.25) is 4.79 Å². The van der Waals surface area contributed by atoms with E-state index in [4.69, 9.17) is 27.9 Å². The van der Waals surface area contributed by atoms with Crippen molar-refractivity contribution in [3.63, 3.8) is 0 Å². The monoisotopic (exact) mass is 514 g/mol. The number of hydrogen-bond acceptors (Lipinski definition) is 7. The van der Waals surface area contributed by atoms with E-state index < -0.39 is 11.4 Å². The molecule has 7 nitrogen and oxygen atoms in total. The molecule has 1 aliphatic carbocycles. The maximum atomic E-state index is 11.7. The van der Waals surface area contributed by atoms with E-state index in [1.54, 1.807) is 18.5 Å². The van der Waals surface area contributed by atoms with Gasteiger partial charge in [0.1, 0.15) is 17.5 Å². The van der Waals surface area contributed by atoms with Gasteiger partial charge in [0.2, 0.25) is 0 Å². The molecule has 0 atom stereocenters. The molecule has 0 aliphatic heterocycles. The number of hydrogen-bond donors (Lipinski definition) is 2. The van der Waals surface area contributed by atoms with Gasteiger partial charge in [0.25, 0.3) is 0 Å². The number of carboxylic acid groups (broad SMARTS) is 1. The molecule has 0 unspecified atom stereocenters. The quantitative estimate of drug-likeness (QED) is 0.279. The molecule has 174 valence electrons. The van der Waals surface area contributed by atoms with Crippen LogP contribution in [0.2, 0.25) is 10.0 Å². The Hall–Kier alpha value is -2.94. The van der Waals surface area contributed by atoms with Gasteiger partial charge in [0.15, 0.2) is 5.13 Å². The molecule has 2 aromatic heterocycles. The first-order valence-corrected chi connectivity index (χ1v) is 12.3. The average Bonchev–Trinajstić information content (AvgIpc) is 3.47. The van der Waals surface area contributed by atoms with Crippen LogP contribution in [0.15, 0.2) is 48.8 Å². The SMILES string of the molecule is O=C(O)C1(COc2ncc(-c3ccc(Nc4nc5c(Cl)cc(Cl)cc5s4)cc3)cn2)CCCC1. The van der Waals surface area contributed by atoms with E-state index in [9.17, 15) is 9.90 Å². The zero-order valence-corrected chi connectivity index (χ0v) is 20.3. The molecule has 2 N–H and O–H groups in total. The summed E-state index contributed by atoms with van der Waals surface area (Å²) in [6.45, 7) is 0.0885. The number of aromatic nitrogens is 3. The minimum Gasteiger partial charge on any atom is -0.481 e. The Labute approximate surface area is 209 Å². The third-order valence-electron chi connectivity index (χ3n) is 6.00. The largest absolute Gasteiger partial charge is 0.481 e. The van der Waals surface area contributed by atoms with Gasteiger partial charge < -0.3 is 15.2 Å². The Kier molecular flexibility index (Phi) is 6.29. The predicted octanol–water partition coefficient (Wildman–Crippen LogP) is 6.83. The highest BCUT2D eigenvalue weighted by molar-refractivity contribution is 7.22. The lowest BCUT2D eigenvalue weighted by atomic mass is 9.87. The topological polar surface area (TPSA) is 97.2 Å². The highest BCUT2D eigenvalue weighted by atomic mass is 35.5. The van der Waals surface area contributed by atoms with Gasteiger partial charge in [-0.15, -0.1) is 0 Å². The number of carboxylic acids is 1. The van der Waals surface area contributed by atoms with Gasteiger partial charge in [0.05, 0.1) is 9.72 Å². The minimum atomic E-state index is -0.828. The van der Waals surface area contributed by atoms with Crippen LogP contribution in [0.4, 0.5) is 10.8 Å².